The molecule has 0 radical (unpaired) electrons. The first kappa shape index (κ1) is 17.0. The van der Waals surface area contributed by atoms with Crippen LogP contribution in [-0.2, 0) is 9.53 Å². The van der Waals surface area contributed by atoms with Crippen LogP contribution in [0.4, 0.5) is 16.2 Å². The van der Waals surface area contributed by atoms with Crippen molar-refractivity contribution in [1.82, 2.24) is 5.32 Å². The number of amides is 3. The Morgan fingerprint density at radius 2 is 1.87 bits per heavy atom. The summed E-state index contributed by atoms with van der Waals surface area (Å²) < 4.78 is 5.55. The molecule has 1 aromatic carbocycles. The van der Waals surface area contributed by atoms with Crippen molar-refractivity contribution in [2.45, 2.75) is 25.0 Å². The summed E-state index contributed by atoms with van der Waals surface area (Å²) in [6.45, 7) is 4.34. The molecule has 0 aromatic heterocycles. The Morgan fingerprint density at radius 1 is 1.22 bits per heavy atom. The SMILES string of the molecule is C=CCNC(=O)Nc1ccc(NC(=O)[C@@H]2CC[C@H](CN)O2)cc1. The topological polar surface area (TPSA) is 105 Å². The third kappa shape index (κ3) is 5.08. The van der Waals surface area contributed by atoms with Gasteiger partial charge in [0.15, 0.2) is 0 Å². The van der Waals surface area contributed by atoms with Crippen molar-refractivity contribution >= 4 is 23.3 Å². The zero-order valence-corrected chi connectivity index (χ0v) is 12.9. The number of benzene rings is 1. The highest BCUT2D eigenvalue weighted by Crippen LogP contribution is 2.21. The van der Waals surface area contributed by atoms with Crippen LogP contribution in [0.3, 0.4) is 0 Å². The van der Waals surface area contributed by atoms with Crippen LogP contribution in [0.25, 0.3) is 0 Å². The molecule has 1 saturated heterocycles. The molecule has 2 atom stereocenters. The van der Waals surface area contributed by atoms with Gasteiger partial charge < -0.3 is 26.4 Å². The molecule has 7 heteroatoms. The Hall–Kier alpha value is -2.38. The minimum Gasteiger partial charge on any atom is -0.364 e. The van der Waals surface area contributed by atoms with Crippen molar-refractivity contribution in [2.24, 2.45) is 5.73 Å². The number of hydrogen-bond donors (Lipinski definition) is 4. The summed E-state index contributed by atoms with van der Waals surface area (Å²) in [5.74, 6) is -0.176. The molecular formula is C16H22N4O3. The van der Waals surface area contributed by atoms with Crippen LogP contribution in [0.1, 0.15) is 12.8 Å². The number of hydrogen-bond acceptors (Lipinski definition) is 4. The lowest BCUT2D eigenvalue weighted by Crippen LogP contribution is -2.30. The predicted molar refractivity (Wildman–Crippen MR) is 89.2 cm³/mol. The second kappa shape index (κ2) is 8.30. The normalized spacial score (nSPS) is 19.9. The standard InChI is InChI=1S/C16H22N4O3/c1-2-9-18-16(22)20-12-5-3-11(4-6-12)19-15(21)14-8-7-13(10-17)23-14/h2-6,13-14H,1,7-10,17H2,(H,19,21)(H2,18,20,22)/t13-,14+/m1/s1. The highest BCUT2D eigenvalue weighted by Gasteiger charge is 2.29. The zero-order chi connectivity index (χ0) is 16.7. The molecule has 5 N–H and O–H groups in total. The summed E-state index contributed by atoms with van der Waals surface area (Å²) in [5.41, 5.74) is 6.81. The van der Waals surface area contributed by atoms with E-state index in [2.05, 4.69) is 22.5 Å². The number of nitrogens with two attached hydrogens (primary N) is 1. The molecule has 0 bridgehead atoms. The summed E-state index contributed by atoms with van der Waals surface area (Å²) >= 11 is 0. The summed E-state index contributed by atoms with van der Waals surface area (Å²) in [5, 5.41) is 8.08. The van der Waals surface area contributed by atoms with Crippen molar-refractivity contribution in [3.63, 3.8) is 0 Å². The van der Waals surface area contributed by atoms with Crippen LogP contribution in [-0.4, -0.2) is 37.2 Å². The van der Waals surface area contributed by atoms with E-state index in [1.54, 1.807) is 30.3 Å². The Kier molecular flexibility index (Phi) is 6.13. The highest BCUT2D eigenvalue weighted by atomic mass is 16.5. The van der Waals surface area contributed by atoms with E-state index in [4.69, 9.17) is 10.5 Å². The monoisotopic (exact) mass is 318 g/mol. The zero-order valence-electron chi connectivity index (χ0n) is 12.9. The lowest BCUT2D eigenvalue weighted by Gasteiger charge is -2.13. The summed E-state index contributed by atoms with van der Waals surface area (Å²) in [4.78, 5) is 23.6. The van der Waals surface area contributed by atoms with Crippen molar-refractivity contribution in [2.75, 3.05) is 23.7 Å². The maximum atomic E-state index is 12.1. The Balaban J connectivity index is 1.84. The summed E-state index contributed by atoms with van der Waals surface area (Å²) in [7, 11) is 0. The lowest BCUT2D eigenvalue weighted by molar-refractivity contribution is -0.126. The van der Waals surface area contributed by atoms with Crippen molar-refractivity contribution in [3.8, 4) is 0 Å². The Bertz CT molecular complexity index is 559. The van der Waals surface area contributed by atoms with E-state index in [0.717, 1.165) is 6.42 Å². The number of carbonyl (C=O) groups excluding carboxylic acids is 2. The number of carbonyl (C=O) groups is 2. The Morgan fingerprint density at radius 3 is 2.43 bits per heavy atom. The molecule has 1 fully saturated rings. The van der Waals surface area contributed by atoms with Gasteiger partial charge in [-0.2, -0.15) is 0 Å². The molecule has 124 valence electrons. The van der Waals surface area contributed by atoms with Crippen LogP contribution >= 0.6 is 0 Å². The molecule has 23 heavy (non-hydrogen) atoms. The highest BCUT2D eigenvalue weighted by molar-refractivity contribution is 5.95. The minimum absolute atomic E-state index is 0.0357. The maximum absolute atomic E-state index is 12.1. The van der Waals surface area contributed by atoms with Gasteiger partial charge in [0.2, 0.25) is 0 Å². The van der Waals surface area contributed by atoms with E-state index < -0.39 is 6.10 Å². The van der Waals surface area contributed by atoms with Crippen LogP contribution in [0.5, 0.6) is 0 Å². The predicted octanol–water partition coefficient (Wildman–Crippen LogP) is 1.44. The van der Waals surface area contributed by atoms with Gasteiger partial charge in [-0.25, -0.2) is 4.79 Å². The van der Waals surface area contributed by atoms with Gasteiger partial charge in [-0.05, 0) is 37.1 Å². The maximum Gasteiger partial charge on any atom is 0.319 e. The largest absolute Gasteiger partial charge is 0.364 e. The van der Waals surface area contributed by atoms with Gasteiger partial charge in [0.05, 0.1) is 6.10 Å². The first-order valence-electron chi connectivity index (χ1n) is 7.54. The second-order valence-electron chi connectivity index (χ2n) is 5.25. The molecule has 7 nitrogen and oxygen atoms in total. The fourth-order valence-corrected chi connectivity index (χ4v) is 2.27. The summed E-state index contributed by atoms with van der Waals surface area (Å²) in [6.07, 6.45) is 2.59. The first-order valence-corrected chi connectivity index (χ1v) is 7.54. The minimum atomic E-state index is -0.453. The van der Waals surface area contributed by atoms with Crippen LogP contribution < -0.4 is 21.7 Å². The van der Waals surface area contributed by atoms with Gasteiger partial charge >= 0.3 is 6.03 Å². The van der Waals surface area contributed by atoms with E-state index in [1.165, 1.54) is 0 Å². The summed E-state index contributed by atoms with van der Waals surface area (Å²) in [6, 6.07) is 6.55. The molecule has 0 spiro atoms. The van der Waals surface area contributed by atoms with Gasteiger partial charge in [0, 0.05) is 24.5 Å². The van der Waals surface area contributed by atoms with E-state index in [0.29, 0.717) is 30.9 Å². The second-order valence-corrected chi connectivity index (χ2v) is 5.25. The molecule has 0 saturated carbocycles. The average Bonchev–Trinajstić information content (AvgIpc) is 3.04. The van der Waals surface area contributed by atoms with Gasteiger partial charge in [0.1, 0.15) is 6.10 Å². The number of ether oxygens (including phenoxy) is 1. The first-order chi connectivity index (χ1) is 11.1. The van der Waals surface area contributed by atoms with Gasteiger partial charge in [-0.15, -0.1) is 6.58 Å². The number of anilines is 2. The number of nitrogens with one attached hydrogen (secondary N) is 3. The lowest BCUT2D eigenvalue weighted by atomic mass is 10.2. The molecule has 1 aliphatic heterocycles. The third-order valence-electron chi connectivity index (χ3n) is 3.48. The van der Waals surface area contributed by atoms with Crippen molar-refractivity contribution < 1.29 is 14.3 Å². The molecule has 1 aliphatic rings. The van der Waals surface area contributed by atoms with E-state index in [9.17, 15) is 9.59 Å². The molecule has 0 aliphatic carbocycles. The van der Waals surface area contributed by atoms with E-state index >= 15 is 0 Å². The molecule has 2 rings (SSSR count). The van der Waals surface area contributed by atoms with Crippen molar-refractivity contribution in [3.05, 3.63) is 36.9 Å². The van der Waals surface area contributed by atoms with E-state index in [1.807, 2.05) is 0 Å². The fraction of sp³-hybridized carbons (Fsp3) is 0.375. The smallest absolute Gasteiger partial charge is 0.319 e. The molecule has 3 amide bonds. The van der Waals surface area contributed by atoms with E-state index in [-0.39, 0.29) is 18.0 Å². The molecule has 1 aromatic rings. The quantitative estimate of drug-likeness (QED) is 0.596. The van der Waals surface area contributed by atoms with Crippen LogP contribution in [0.2, 0.25) is 0 Å². The number of rotatable bonds is 6. The van der Waals surface area contributed by atoms with Crippen molar-refractivity contribution in [1.29, 1.82) is 0 Å². The van der Waals surface area contributed by atoms with Gasteiger partial charge in [0.25, 0.3) is 5.91 Å². The number of urea groups is 1. The average molecular weight is 318 g/mol. The molecule has 1 heterocycles. The van der Waals surface area contributed by atoms with Gasteiger partial charge in [-0.3, -0.25) is 4.79 Å². The molecule has 0 unspecified atom stereocenters. The Labute approximate surface area is 135 Å². The third-order valence-corrected chi connectivity index (χ3v) is 3.48. The van der Waals surface area contributed by atoms with Crippen LogP contribution in [0, 0.1) is 0 Å². The van der Waals surface area contributed by atoms with Gasteiger partial charge in [-0.1, -0.05) is 6.08 Å². The fourth-order valence-electron chi connectivity index (χ4n) is 2.27. The van der Waals surface area contributed by atoms with Crippen LogP contribution in [0.15, 0.2) is 36.9 Å². The molecular weight excluding hydrogens is 296 g/mol.